The fourth-order valence-corrected chi connectivity index (χ4v) is 2.69. The second kappa shape index (κ2) is 7.27. The van der Waals surface area contributed by atoms with E-state index in [9.17, 15) is 0 Å². The van der Waals surface area contributed by atoms with E-state index in [1.54, 1.807) is 0 Å². The van der Waals surface area contributed by atoms with Gasteiger partial charge in [-0.1, -0.05) is 59.3 Å². The molecule has 0 aromatic heterocycles. The first-order valence-corrected chi connectivity index (χ1v) is 6.92. The van der Waals surface area contributed by atoms with Crippen LogP contribution in [-0.2, 0) is 0 Å². The minimum atomic E-state index is 0.640. The molecule has 0 heterocycles. The lowest BCUT2D eigenvalue weighted by Crippen LogP contribution is -2.28. The first kappa shape index (κ1) is 13.0. The SMILES string of the molecule is CC(CNC(C)C)CC1CCCCCC1. The molecule has 0 saturated heterocycles. The third-order valence-corrected chi connectivity index (χ3v) is 3.59. The largest absolute Gasteiger partial charge is 0.314 e. The van der Waals surface area contributed by atoms with E-state index >= 15 is 0 Å². The number of nitrogens with one attached hydrogen (secondary N) is 1. The van der Waals surface area contributed by atoms with Crippen LogP contribution in [0.2, 0.25) is 0 Å². The third kappa shape index (κ3) is 6.19. The molecule has 1 rings (SSSR count). The Hall–Kier alpha value is -0.0400. The molecule has 15 heavy (non-hydrogen) atoms. The Morgan fingerprint density at radius 2 is 1.60 bits per heavy atom. The first-order chi connectivity index (χ1) is 7.18. The molecule has 90 valence electrons. The van der Waals surface area contributed by atoms with Crippen LogP contribution in [-0.4, -0.2) is 12.6 Å². The van der Waals surface area contributed by atoms with Crippen molar-refractivity contribution in [2.24, 2.45) is 11.8 Å². The van der Waals surface area contributed by atoms with Gasteiger partial charge in [0.2, 0.25) is 0 Å². The quantitative estimate of drug-likeness (QED) is 0.678. The molecule has 0 amide bonds. The minimum Gasteiger partial charge on any atom is -0.314 e. The molecule has 0 spiro atoms. The maximum Gasteiger partial charge on any atom is 0.00104 e. The van der Waals surface area contributed by atoms with Gasteiger partial charge in [-0.15, -0.1) is 0 Å². The van der Waals surface area contributed by atoms with E-state index in [4.69, 9.17) is 0 Å². The molecule has 1 atom stereocenters. The van der Waals surface area contributed by atoms with Crippen LogP contribution in [0.3, 0.4) is 0 Å². The third-order valence-electron chi connectivity index (χ3n) is 3.59. The van der Waals surface area contributed by atoms with Crippen LogP contribution in [0.4, 0.5) is 0 Å². The van der Waals surface area contributed by atoms with Gasteiger partial charge in [-0.2, -0.15) is 0 Å². The van der Waals surface area contributed by atoms with E-state index in [0.717, 1.165) is 11.8 Å². The highest BCUT2D eigenvalue weighted by Gasteiger charge is 2.15. The Morgan fingerprint density at radius 3 is 2.13 bits per heavy atom. The molecular weight excluding hydrogens is 182 g/mol. The van der Waals surface area contributed by atoms with E-state index in [1.165, 1.54) is 51.5 Å². The molecule has 0 aromatic carbocycles. The van der Waals surface area contributed by atoms with Crippen LogP contribution in [0.5, 0.6) is 0 Å². The molecule has 1 fully saturated rings. The minimum absolute atomic E-state index is 0.640. The highest BCUT2D eigenvalue weighted by molar-refractivity contribution is 4.69. The first-order valence-electron chi connectivity index (χ1n) is 6.92. The number of hydrogen-bond acceptors (Lipinski definition) is 1. The zero-order valence-electron chi connectivity index (χ0n) is 10.9. The van der Waals surface area contributed by atoms with Crippen LogP contribution >= 0.6 is 0 Å². The summed E-state index contributed by atoms with van der Waals surface area (Å²) < 4.78 is 0. The molecule has 1 saturated carbocycles. The van der Waals surface area contributed by atoms with Gasteiger partial charge in [-0.3, -0.25) is 0 Å². The molecule has 1 aliphatic rings. The van der Waals surface area contributed by atoms with E-state index in [2.05, 4.69) is 26.1 Å². The van der Waals surface area contributed by atoms with Crippen molar-refractivity contribution in [3.63, 3.8) is 0 Å². The summed E-state index contributed by atoms with van der Waals surface area (Å²) in [4.78, 5) is 0. The van der Waals surface area contributed by atoms with Crippen molar-refractivity contribution >= 4 is 0 Å². The summed E-state index contributed by atoms with van der Waals surface area (Å²) in [5, 5.41) is 3.55. The topological polar surface area (TPSA) is 12.0 Å². The lowest BCUT2D eigenvalue weighted by atomic mass is 9.90. The number of hydrogen-bond donors (Lipinski definition) is 1. The summed E-state index contributed by atoms with van der Waals surface area (Å²) >= 11 is 0. The van der Waals surface area contributed by atoms with Crippen LogP contribution in [0.25, 0.3) is 0 Å². The lowest BCUT2D eigenvalue weighted by molar-refractivity contribution is 0.338. The van der Waals surface area contributed by atoms with Gasteiger partial charge in [0.05, 0.1) is 0 Å². The molecule has 0 aliphatic heterocycles. The summed E-state index contributed by atoms with van der Waals surface area (Å²) in [7, 11) is 0. The monoisotopic (exact) mass is 211 g/mol. The molecule has 0 radical (unpaired) electrons. The highest BCUT2D eigenvalue weighted by atomic mass is 14.9. The van der Waals surface area contributed by atoms with E-state index < -0.39 is 0 Å². The van der Waals surface area contributed by atoms with Crippen molar-refractivity contribution in [3.05, 3.63) is 0 Å². The van der Waals surface area contributed by atoms with Crippen LogP contribution < -0.4 is 5.32 Å². The van der Waals surface area contributed by atoms with Crippen molar-refractivity contribution in [2.45, 2.75) is 71.8 Å². The maximum absolute atomic E-state index is 3.55. The smallest absolute Gasteiger partial charge is 0.00104 e. The summed E-state index contributed by atoms with van der Waals surface area (Å²) in [5.41, 5.74) is 0. The van der Waals surface area contributed by atoms with Gasteiger partial charge in [0.1, 0.15) is 0 Å². The van der Waals surface area contributed by atoms with Crippen molar-refractivity contribution in [3.8, 4) is 0 Å². The molecule has 1 heteroatoms. The predicted octanol–water partition coefficient (Wildman–Crippen LogP) is 3.98. The Morgan fingerprint density at radius 1 is 1.00 bits per heavy atom. The molecule has 0 bridgehead atoms. The second-order valence-corrected chi connectivity index (χ2v) is 5.76. The average Bonchev–Trinajstić information content (AvgIpc) is 2.43. The van der Waals surface area contributed by atoms with Gasteiger partial charge in [0.15, 0.2) is 0 Å². The zero-order valence-corrected chi connectivity index (χ0v) is 10.9. The van der Waals surface area contributed by atoms with Gasteiger partial charge < -0.3 is 5.32 Å². The molecule has 1 nitrogen and oxygen atoms in total. The molecule has 0 aromatic rings. The Labute approximate surface area is 96.0 Å². The van der Waals surface area contributed by atoms with Gasteiger partial charge in [-0.05, 0) is 24.8 Å². The van der Waals surface area contributed by atoms with Crippen LogP contribution in [0.1, 0.15) is 65.7 Å². The van der Waals surface area contributed by atoms with E-state index in [-0.39, 0.29) is 0 Å². The van der Waals surface area contributed by atoms with Gasteiger partial charge in [0.25, 0.3) is 0 Å². The Kier molecular flexibility index (Phi) is 6.31. The summed E-state index contributed by atoms with van der Waals surface area (Å²) in [6.45, 7) is 8.07. The van der Waals surface area contributed by atoms with Crippen molar-refractivity contribution in [1.82, 2.24) is 5.32 Å². The summed E-state index contributed by atoms with van der Waals surface area (Å²) in [6, 6.07) is 0.640. The standard InChI is InChI=1S/C14H29N/c1-12(2)15-11-13(3)10-14-8-6-4-5-7-9-14/h12-15H,4-11H2,1-3H3. The molecular formula is C14H29N. The van der Waals surface area contributed by atoms with Crippen LogP contribution in [0.15, 0.2) is 0 Å². The summed E-state index contributed by atoms with van der Waals surface area (Å²) in [5.74, 6) is 1.88. The van der Waals surface area contributed by atoms with Gasteiger partial charge in [-0.25, -0.2) is 0 Å². The summed E-state index contributed by atoms with van der Waals surface area (Å²) in [6.07, 6.45) is 10.4. The lowest BCUT2D eigenvalue weighted by Gasteiger charge is -2.20. The van der Waals surface area contributed by atoms with Crippen molar-refractivity contribution in [2.75, 3.05) is 6.54 Å². The van der Waals surface area contributed by atoms with Crippen molar-refractivity contribution in [1.29, 1.82) is 0 Å². The predicted molar refractivity (Wildman–Crippen MR) is 68.1 cm³/mol. The normalized spacial score (nSPS) is 21.6. The maximum atomic E-state index is 3.55. The molecule has 1 unspecified atom stereocenters. The number of rotatable bonds is 5. The second-order valence-electron chi connectivity index (χ2n) is 5.76. The average molecular weight is 211 g/mol. The molecule has 1 N–H and O–H groups in total. The van der Waals surface area contributed by atoms with E-state index in [1.807, 2.05) is 0 Å². The Bertz CT molecular complexity index is 145. The highest BCUT2D eigenvalue weighted by Crippen LogP contribution is 2.27. The fourth-order valence-electron chi connectivity index (χ4n) is 2.69. The fraction of sp³-hybridized carbons (Fsp3) is 1.00. The van der Waals surface area contributed by atoms with E-state index in [0.29, 0.717) is 6.04 Å². The van der Waals surface area contributed by atoms with Crippen molar-refractivity contribution < 1.29 is 0 Å². The molecule has 1 aliphatic carbocycles. The van der Waals surface area contributed by atoms with Crippen LogP contribution in [0, 0.1) is 11.8 Å². The Balaban J connectivity index is 2.14. The zero-order chi connectivity index (χ0) is 11.1. The van der Waals surface area contributed by atoms with Gasteiger partial charge >= 0.3 is 0 Å². The van der Waals surface area contributed by atoms with Gasteiger partial charge in [0, 0.05) is 6.04 Å².